The van der Waals surface area contributed by atoms with E-state index in [9.17, 15) is 0 Å². The van der Waals surface area contributed by atoms with E-state index in [1.807, 2.05) is 60.7 Å². The van der Waals surface area contributed by atoms with E-state index in [1.165, 1.54) is 0 Å². The van der Waals surface area contributed by atoms with Gasteiger partial charge < -0.3 is 14.5 Å². The molecule has 0 aliphatic heterocycles. The number of methoxy groups -OCH3 is 1. The second-order valence-corrected chi connectivity index (χ2v) is 5.24. The molecule has 0 aliphatic carbocycles. The lowest BCUT2D eigenvalue weighted by Crippen LogP contribution is -1.97. The van der Waals surface area contributed by atoms with E-state index in [0.29, 0.717) is 11.6 Å². The van der Waals surface area contributed by atoms with Crippen molar-refractivity contribution in [3.05, 3.63) is 71.4 Å². The highest BCUT2D eigenvalue weighted by molar-refractivity contribution is 6.33. The molecule has 1 N–H and O–H groups in total. The number of rotatable bonds is 5. The van der Waals surface area contributed by atoms with Crippen molar-refractivity contribution >= 4 is 17.3 Å². The van der Waals surface area contributed by atoms with Gasteiger partial charge in [-0.3, -0.25) is 0 Å². The first kappa shape index (κ1) is 14.5. The number of benzene rings is 2. The molecule has 2 aromatic carbocycles. The maximum atomic E-state index is 6.18. The van der Waals surface area contributed by atoms with Crippen LogP contribution in [0.2, 0.25) is 5.02 Å². The lowest BCUT2D eigenvalue weighted by atomic mass is 10.2. The Hall–Kier alpha value is -2.39. The van der Waals surface area contributed by atoms with E-state index in [2.05, 4.69) is 5.32 Å². The summed E-state index contributed by atoms with van der Waals surface area (Å²) in [6.07, 6.45) is 0. The molecular weight excluding hydrogens is 298 g/mol. The van der Waals surface area contributed by atoms with Gasteiger partial charge in [-0.25, -0.2) is 0 Å². The second-order valence-electron chi connectivity index (χ2n) is 4.83. The zero-order valence-corrected chi connectivity index (χ0v) is 12.9. The summed E-state index contributed by atoms with van der Waals surface area (Å²) in [7, 11) is 1.65. The number of halogens is 1. The Morgan fingerprint density at radius 1 is 1.00 bits per heavy atom. The minimum atomic E-state index is 0.608. The fraction of sp³-hybridized carbons (Fsp3) is 0.111. The first-order valence-electron chi connectivity index (χ1n) is 6.98. The topological polar surface area (TPSA) is 34.4 Å². The van der Waals surface area contributed by atoms with Crippen LogP contribution in [-0.2, 0) is 6.54 Å². The van der Waals surface area contributed by atoms with Crippen molar-refractivity contribution in [2.45, 2.75) is 6.54 Å². The highest BCUT2D eigenvalue weighted by Crippen LogP contribution is 2.29. The summed E-state index contributed by atoms with van der Waals surface area (Å²) in [6.45, 7) is 0.608. The normalized spacial score (nSPS) is 10.5. The number of nitrogens with one attached hydrogen (secondary N) is 1. The molecule has 3 nitrogen and oxygen atoms in total. The van der Waals surface area contributed by atoms with E-state index in [1.54, 1.807) is 7.11 Å². The highest BCUT2D eigenvalue weighted by atomic mass is 35.5. The Bertz CT molecular complexity index is 750. The van der Waals surface area contributed by atoms with Gasteiger partial charge in [-0.05, 0) is 48.5 Å². The van der Waals surface area contributed by atoms with Gasteiger partial charge in [-0.15, -0.1) is 0 Å². The van der Waals surface area contributed by atoms with Gasteiger partial charge in [-0.2, -0.15) is 0 Å². The van der Waals surface area contributed by atoms with Gasteiger partial charge in [0.25, 0.3) is 0 Å². The predicted octanol–water partition coefficient (Wildman–Crippen LogP) is 5.22. The Balaban J connectivity index is 1.68. The molecule has 4 heteroatoms. The van der Waals surface area contributed by atoms with E-state index in [4.69, 9.17) is 20.8 Å². The summed E-state index contributed by atoms with van der Waals surface area (Å²) in [5, 5.41) is 4.00. The molecule has 0 amide bonds. The van der Waals surface area contributed by atoms with Crippen molar-refractivity contribution in [1.82, 2.24) is 0 Å². The number of hydrogen-bond donors (Lipinski definition) is 1. The predicted molar refractivity (Wildman–Crippen MR) is 89.5 cm³/mol. The molecule has 22 heavy (non-hydrogen) atoms. The van der Waals surface area contributed by atoms with Crippen molar-refractivity contribution in [1.29, 1.82) is 0 Å². The first-order valence-corrected chi connectivity index (χ1v) is 7.35. The zero-order valence-electron chi connectivity index (χ0n) is 12.2. The quantitative estimate of drug-likeness (QED) is 0.701. The van der Waals surface area contributed by atoms with Crippen LogP contribution in [0.4, 0.5) is 5.69 Å². The van der Waals surface area contributed by atoms with Gasteiger partial charge in [0.2, 0.25) is 0 Å². The van der Waals surface area contributed by atoms with Crippen LogP contribution in [0, 0.1) is 0 Å². The number of hydrogen-bond acceptors (Lipinski definition) is 3. The summed E-state index contributed by atoms with van der Waals surface area (Å²) in [6, 6.07) is 19.3. The van der Waals surface area contributed by atoms with Crippen molar-refractivity contribution in [3.63, 3.8) is 0 Å². The van der Waals surface area contributed by atoms with Crippen LogP contribution in [0.25, 0.3) is 11.3 Å². The maximum absolute atomic E-state index is 6.18. The van der Waals surface area contributed by atoms with Crippen molar-refractivity contribution < 1.29 is 9.15 Å². The van der Waals surface area contributed by atoms with Crippen molar-refractivity contribution in [2.24, 2.45) is 0 Å². The molecule has 0 spiro atoms. The second kappa shape index (κ2) is 6.58. The Morgan fingerprint density at radius 3 is 2.50 bits per heavy atom. The molecule has 1 heterocycles. The van der Waals surface area contributed by atoms with E-state index in [-0.39, 0.29) is 0 Å². The summed E-state index contributed by atoms with van der Waals surface area (Å²) in [5.74, 6) is 2.47. The monoisotopic (exact) mass is 313 g/mol. The molecule has 0 saturated carbocycles. The number of ether oxygens (including phenoxy) is 1. The molecule has 0 saturated heterocycles. The SMILES string of the molecule is COc1ccc(NCc2ccc(-c3ccccc3Cl)o2)cc1. The molecule has 112 valence electrons. The third-order valence-electron chi connectivity index (χ3n) is 3.36. The summed E-state index contributed by atoms with van der Waals surface area (Å²) in [5.41, 5.74) is 1.91. The standard InChI is InChI=1S/C18H16ClNO2/c1-21-14-8-6-13(7-9-14)20-12-15-10-11-18(22-15)16-4-2-3-5-17(16)19/h2-11,20H,12H2,1H3. The van der Waals surface area contributed by atoms with Gasteiger partial charge in [0.15, 0.2) is 0 Å². The minimum Gasteiger partial charge on any atom is -0.497 e. The fourth-order valence-electron chi connectivity index (χ4n) is 2.18. The van der Waals surface area contributed by atoms with Crippen LogP contribution in [0.5, 0.6) is 5.75 Å². The molecule has 0 unspecified atom stereocenters. The van der Waals surface area contributed by atoms with Crippen LogP contribution in [0.3, 0.4) is 0 Å². The summed E-state index contributed by atoms with van der Waals surface area (Å²) in [4.78, 5) is 0. The van der Waals surface area contributed by atoms with Crippen LogP contribution in [0.15, 0.2) is 65.1 Å². The molecule has 1 aromatic heterocycles. The van der Waals surface area contributed by atoms with Gasteiger partial charge in [0.1, 0.15) is 17.3 Å². The lowest BCUT2D eigenvalue weighted by molar-refractivity contribution is 0.415. The number of furan rings is 1. The summed E-state index contributed by atoms with van der Waals surface area (Å²) >= 11 is 6.18. The molecule has 0 fully saturated rings. The smallest absolute Gasteiger partial charge is 0.135 e. The molecule has 0 atom stereocenters. The first-order chi connectivity index (χ1) is 10.8. The molecule has 0 aliphatic rings. The van der Waals surface area contributed by atoms with E-state index in [0.717, 1.165) is 28.5 Å². The van der Waals surface area contributed by atoms with E-state index >= 15 is 0 Å². The Kier molecular flexibility index (Phi) is 4.35. The average Bonchev–Trinajstić information content (AvgIpc) is 3.02. The zero-order chi connectivity index (χ0) is 15.4. The highest BCUT2D eigenvalue weighted by Gasteiger charge is 2.07. The van der Waals surface area contributed by atoms with Crippen molar-refractivity contribution in [3.8, 4) is 17.1 Å². The summed E-state index contributed by atoms with van der Waals surface area (Å²) < 4.78 is 11.0. The maximum Gasteiger partial charge on any atom is 0.135 e. The van der Waals surface area contributed by atoms with E-state index < -0.39 is 0 Å². The van der Waals surface area contributed by atoms with Crippen LogP contribution >= 0.6 is 11.6 Å². The molecule has 0 radical (unpaired) electrons. The van der Waals surface area contributed by atoms with Gasteiger partial charge in [0, 0.05) is 11.3 Å². The van der Waals surface area contributed by atoms with Crippen LogP contribution in [0.1, 0.15) is 5.76 Å². The van der Waals surface area contributed by atoms with Crippen LogP contribution in [-0.4, -0.2) is 7.11 Å². The number of anilines is 1. The lowest BCUT2D eigenvalue weighted by Gasteiger charge is -2.06. The Labute approximate surface area is 134 Å². The largest absolute Gasteiger partial charge is 0.497 e. The molecular formula is C18H16ClNO2. The molecule has 3 aromatic rings. The third kappa shape index (κ3) is 3.26. The van der Waals surface area contributed by atoms with Crippen molar-refractivity contribution in [2.75, 3.05) is 12.4 Å². The third-order valence-corrected chi connectivity index (χ3v) is 3.69. The minimum absolute atomic E-state index is 0.608. The molecule has 3 rings (SSSR count). The Morgan fingerprint density at radius 2 is 1.77 bits per heavy atom. The van der Waals surface area contributed by atoms with Crippen LogP contribution < -0.4 is 10.1 Å². The van der Waals surface area contributed by atoms with Gasteiger partial charge in [-0.1, -0.05) is 23.7 Å². The average molecular weight is 314 g/mol. The van der Waals surface area contributed by atoms with Gasteiger partial charge in [0.05, 0.1) is 18.7 Å². The van der Waals surface area contributed by atoms with Gasteiger partial charge >= 0.3 is 0 Å². The molecule has 0 bridgehead atoms. The fourth-order valence-corrected chi connectivity index (χ4v) is 2.41.